The van der Waals surface area contributed by atoms with Gasteiger partial charge in [-0.1, -0.05) is 46.3 Å². The Hall–Kier alpha value is 0.488. The minimum atomic E-state index is 0. The fraction of sp³-hybridized carbons (Fsp3) is 0.500. The van der Waals surface area contributed by atoms with Crippen LogP contribution >= 0.6 is 0 Å². The zero-order valence-electron chi connectivity index (χ0n) is 13.3. The summed E-state index contributed by atoms with van der Waals surface area (Å²) in [4.78, 5) is 0. The Kier molecular flexibility index (Phi) is 14.1. The van der Waals surface area contributed by atoms with Crippen molar-refractivity contribution < 1.29 is 51.0 Å². The molecule has 0 aromatic rings. The molecule has 2 rings (SSSR count). The summed E-state index contributed by atoms with van der Waals surface area (Å²) in [7, 11) is 0. The largest absolute Gasteiger partial charge is 4.00 e. The van der Waals surface area contributed by atoms with Gasteiger partial charge in [0.2, 0.25) is 0 Å². The Labute approximate surface area is 157 Å². The Bertz CT molecular complexity index is 407. The van der Waals surface area contributed by atoms with Gasteiger partial charge >= 0.3 is 26.2 Å². The Morgan fingerprint density at radius 2 is 1.70 bits per heavy atom. The molecule has 0 fully saturated rings. The predicted octanol–water partition coefficient (Wildman–Crippen LogP) is -1.30. The molecule has 0 saturated carbocycles. The standard InChI is InChI=1S/C10H15.C6H8B.2ClH.Zr/c1-7-6-10(4,5)9(3)8(7)2;1-7-5-3-2-4-6-7;;;/h1-5H3;2-4H,5H2,1H3;2*1H;/q2*-1;;;+4/p-2. The van der Waals surface area contributed by atoms with Gasteiger partial charge in [0.15, 0.2) is 0 Å². The molecule has 108 valence electrons. The zero-order chi connectivity index (χ0) is 13.1. The van der Waals surface area contributed by atoms with Crippen LogP contribution in [0.4, 0.5) is 0 Å². The first-order valence-electron chi connectivity index (χ1n) is 6.39. The summed E-state index contributed by atoms with van der Waals surface area (Å²) in [5, 5.41) is 0. The molecule has 0 bridgehead atoms. The van der Waals surface area contributed by atoms with E-state index in [-0.39, 0.29) is 56.4 Å². The molecule has 1 heterocycles. The Morgan fingerprint density at radius 3 is 1.85 bits per heavy atom. The molecular weight excluding hydrogens is 365 g/mol. The van der Waals surface area contributed by atoms with Crippen molar-refractivity contribution >= 4 is 6.71 Å². The average molecular weight is 388 g/mol. The van der Waals surface area contributed by atoms with Crippen LogP contribution in [0.5, 0.6) is 0 Å². The number of allylic oxidation sites excluding steroid dienone is 7. The van der Waals surface area contributed by atoms with Gasteiger partial charge in [-0.05, 0) is 0 Å². The van der Waals surface area contributed by atoms with Crippen LogP contribution in [0.3, 0.4) is 0 Å². The first-order valence-corrected chi connectivity index (χ1v) is 6.39. The van der Waals surface area contributed by atoms with Gasteiger partial charge in [0, 0.05) is 0 Å². The summed E-state index contributed by atoms with van der Waals surface area (Å²) in [5.41, 5.74) is 4.39. The van der Waals surface area contributed by atoms with Gasteiger partial charge in [0.1, 0.15) is 0 Å². The van der Waals surface area contributed by atoms with Crippen LogP contribution in [-0.2, 0) is 26.2 Å². The van der Waals surface area contributed by atoms with Crippen molar-refractivity contribution in [3.8, 4) is 0 Å². The molecule has 2 aliphatic rings. The molecule has 0 nitrogen and oxygen atoms in total. The fourth-order valence-electron chi connectivity index (χ4n) is 2.04. The third kappa shape index (κ3) is 7.48. The summed E-state index contributed by atoms with van der Waals surface area (Å²) < 4.78 is 0. The Balaban J connectivity index is -0.000000262. The van der Waals surface area contributed by atoms with Crippen LogP contribution in [0.25, 0.3) is 0 Å². The maximum atomic E-state index is 3.44. The van der Waals surface area contributed by atoms with Crippen LogP contribution in [0.15, 0.2) is 34.9 Å². The van der Waals surface area contributed by atoms with Crippen molar-refractivity contribution in [2.24, 2.45) is 5.41 Å². The van der Waals surface area contributed by atoms with Crippen LogP contribution < -0.4 is 24.8 Å². The average Bonchev–Trinajstić information content (AvgIpc) is 2.44. The molecule has 0 amide bonds. The van der Waals surface area contributed by atoms with Gasteiger partial charge in [-0.25, -0.2) is 17.7 Å². The quantitative estimate of drug-likeness (QED) is 0.358. The third-order valence-electron chi connectivity index (χ3n) is 3.67. The first-order chi connectivity index (χ1) is 7.84. The monoisotopic (exact) mass is 386 g/mol. The third-order valence-corrected chi connectivity index (χ3v) is 3.67. The first kappa shape index (κ1) is 25.4. The summed E-state index contributed by atoms with van der Waals surface area (Å²) in [6, 6.07) is 0. The van der Waals surface area contributed by atoms with Gasteiger partial charge in [0.25, 0.3) is 0 Å². The fourth-order valence-corrected chi connectivity index (χ4v) is 2.04. The van der Waals surface area contributed by atoms with Crippen LogP contribution in [0, 0.1) is 17.5 Å². The van der Waals surface area contributed by atoms with E-state index in [1.165, 1.54) is 16.7 Å². The molecule has 0 aromatic heterocycles. The second-order valence-electron chi connectivity index (χ2n) is 5.52. The maximum Gasteiger partial charge on any atom is 4.00 e. The van der Waals surface area contributed by atoms with E-state index < -0.39 is 0 Å². The van der Waals surface area contributed by atoms with Gasteiger partial charge in [-0.15, -0.1) is 6.92 Å². The summed E-state index contributed by atoms with van der Waals surface area (Å²) >= 11 is 0. The van der Waals surface area contributed by atoms with Crippen molar-refractivity contribution in [3.05, 3.63) is 47.0 Å². The molecule has 0 unspecified atom stereocenters. The van der Waals surface area contributed by atoms with Crippen molar-refractivity contribution in [1.29, 1.82) is 0 Å². The second-order valence-corrected chi connectivity index (χ2v) is 5.52. The molecule has 4 heteroatoms. The molecule has 1 aliphatic heterocycles. The molecule has 0 radical (unpaired) electrons. The van der Waals surface area contributed by atoms with E-state index in [1.54, 1.807) is 0 Å². The minimum Gasteiger partial charge on any atom is -1.00 e. The Morgan fingerprint density at radius 1 is 1.15 bits per heavy atom. The summed E-state index contributed by atoms with van der Waals surface area (Å²) in [6.45, 7) is 13.7. The van der Waals surface area contributed by atoms with Gasteiger partial charge in [0.05, 0.1) is 6.71 Å². The molecule has 0 aromatic carbocycles. The zero-order valence-corrected chi connectivity index (χ0v) is 17.2. The minimum absolute atomic E-state index is 0. The molecule has 0 saturated heterocycles. The van der Waals surface area contributed by atoms with Gasteiger partial charge in [-0.2, -0.15) is 17.2 Å². The van der Waals surface area contributed by atoms with E-state index in [1.807, 2.05) is 12.2 Å². The molecule has 0 atom stereocenters. The van der Waals surface area contributed by atoms with E-state index >= 15 is 0 Å². The van der Waals surface area contributed by atoms with Gasteiger partial charge in [-0.3, -0.25) is 6.08 Å². The van der Waals surface area contributed by atoms with E-state index in [0.29, 0.717) is 6.71 Å². The molecular formula is C16H23BCl2Zr. The number of rotatable bonds is 0. The molecule has 20 heavy (non-hydrogen) atoms. The smallest absolute Gasteiger partial charge is 1.00 e. The summed E-state index contributed by atoms with van der Waals surface area (Å²) in [6.07, 6.45) is 10.8. The van der Waals surface area contributed by atoms with Crippen LogP contribution in [0.2, 0.25) is 13.1 Å². The number of hydrogen-bond acceptors (Lipinski definition) is 0. The maximum absolute atomic E-state index is 3.44. The van der Waals surface area contributed by atoms with Crippen LogP contribution in [0.1, 0.15) is 34.6 Å². The molecule has 1 aliphatic carbocycles. The van der Waals surface area contributed by atoms with E-state index in [4.69, 9.17) is 0 Å². The van der Waals surface area contributed by atoms with Crippen molar-refractivity contribution in [3.63, 3.8) is 0 Å². The second kappa shape index (κ2) is 11.1. The molecule has 0 N–H and O–H groups in total. The van der Waals surface area contributed by atoms with Gasteiger partial charge < -0.3 is 30.8 Å². The van der Waals surface area contributed by atoms with E-state index in [0.717, 1.165) is 6.32 Å². The number of hydrogen-bond donors (Lipinski definition) is 0. The predicted molar refractivity (Wildman–Crippen MR) is 78.0 cm³/mol. The molecule has 0 spiro atoms. The van der Waals surface area contributed by atoms with E-state index in [9.17, 15) is 0 Å². The van der Waals surface area contributed by atoms with E-state index in [2.05, 4.69) is 59.6 Å². The topological polar surface area (TPSA) is 0 Å². The normalized spacial score (nSPS) is 18.1. The summed E-state index contributed by atoms with van der Waals surface area (Å²) in [5.74, 6) is 3.17. The van der Waals surface area contributed by atoms with Crippen LogP contribution in [-0.4, -0.2) is 6.71 Å². The number of halogens is 2. The SMILES string of the molecule is CB1[C-]=CC=CC1.CC1=[C-]C(C)(C)C(C)=C1C.[Cl-].[Cl-].[Zr+4]. The van der Waals surface area contributed by atoms with Crippen molar-refractivity contribution in [2.75, 3.05) is 0 Å². The van der Waals surface area contributed by atoms with Crippen molar-refractivity contribution in [1.82, 2.24) is 0 Å². The van der Waals surface area contributed by atoms with Crippen molar-refractivity contribution in [2.45, 2.75) is 47.8 Å².